The lowest BCUT2D eigenvalue weighted by molar-refractivity contribution is -0.577. The van der Waals surface area contributed by atoms with Crippen LogP contribution >= 0.6 is 0 Å². The van der Waals surface area contributed by atoms with Crippen molar-refractivity contribution in [2.75, 3.05) is 4.90 Å². The smallest absolute Gasteiger partial charge is 0.331 e. The van der Waals surface area contributed by atoms with Gasteiger partial charge in [-0.25, -0.2) is 9.58 Å². The van der Waals surface area contributed by atoms with E-state index < -0.39 is 17.7 Å². The third-order valence-corrected chi connectivity index (χ3v) is 6.62. The van der Waals surface area contributed by atoms with E-state index in [1.54, 1.807) is 48.1 Å². The molecule has 0 saturated heterocycles. The molecule has 5 rings (SSSR count). The van der Waals surface area contributed by atoms with Crippen molar-refractivity contribution < 1.29 is 19.3 Å². The molecule has 7 heteroatoms. The third-order valence-electron chi connectivity index (χ3n) is 6.62. The van der Waals surface area contributed by atoms with E-state index >= 15 is 0 Å². The molecule has 0 unspecified atom stereocenters. The fourth-order valence-electron chi connectivity index (χ4n) is 4.61. The molecular weight excluding hydrogens is 452 g/mol. The Kier molecular flexibility index (Phi) is 5.55. The zero-order valence-electron chi connectivity index (χ0n) is 20.9. The molecule has 0 bridgehead atoms. The summed E-state index contributed by atoms with van der Waals surface area (Å²) < 4.78 is 2.95. The lowest BCUT2D eigenvalue weighted by atomic mass is 10.0. The minimum absolute atomic E-state index is 0.0515. The molecule has 0 atom stereocenters. The highest BCUT2D eigenvalue weighted by atomic mass is 16.3. The van der Waals surface area contributed by atoms with Crippen LogP contribution in [0.1, 0.15) is 33.5 Å². The fraction of sp³-hybridized carbons (Fsp3) is 0.172. The van der Waals surface area contributed by atoms with E-state index in [4.69, 9.17) is 0 Å². The molecule has 2 aromatic carbocycles. The number of aryl methyl sites for hydroxylation is 5. The van der Waals surface area contributed by atoms with Crippen molar-refractivity contribution in [3.63, 3.8) is 0 Å². The van der Waals surface area contributed by atoms with Crippen molar-refractivity contribution in [3.8, 4) is 11.6 Å². The van der Waals surface area contributed by atoms with Crippen LogP contribution in [0.5, 0.6) is 5.88 Å². The summed E-state index contributed by atoms with van der Waals surface area (Å²) in [5.74, 6) is -1.48. The van der Waals surface area contributed by atoms with Gasteiger partial charge in [-0.15, -0.1) is 0 Å². The maximum atomic E-state index is 13.9. The second-order valence-corrected chi connectivity index (χ2v) is 9.19. The maximum absolute atomic E-state index is 13.9. The SMILES string of the molecule is Cc1ccc(-n2nc(C)c(C3=C([n+]4ccc(C)c(C)c4)C(=O)N(c4ccccc4)C3=O)c2[O-])c(C)c1. The topological polar surface area (TPSA) is 82.1 Å². The van der Waals surface area contributed by atoms with E-state index in [1.165, 1.54) is 4.68 Å². The Morgan fingerprint density at radius 3 is 2.22 bits per heavy atom. The Morgan fingerprint density at radius 2 is 1.56 bits per heavy atom. The number of carbonyl (C=O) groups excluding carboxylic acids is 2. The molecule has 0 aliphatic carbocycles. The molecule has 3 heterocycles. The second kappa shape index (κ2) is 8.61. The van der Waals surface area contributed by atoms with Crippen LogP contribution in [0, 0.1) is 34.6 Å². The Hall–Kier alpha value is -4.52. The van der Waals surface area contributed by atoms with E-state index in [0.29, 0.717) is 17.1 Å². The molecule has 1 aliphatic rings. The van der Waals surface area contributed by atoms with Crippen molar-refractivity contribution in [1.29, 1.82) is 0 Å². The highest BCUT2D eigenvalue weighted by molar-refractivity contribution is 6.53. The van der Waals surface area contributed by atoms with Crippen LogP contribution in [0.15, 0.2) is 67.0 Å². The lowest BCUT2D eigenvalue weighted by Crippen LogP contribution is -2.40. The number of amides is 2. The number of rotatable bonds is 4. The number of pyridine rings is 1. The van der Waals surface area contributed by atoms with Crippen LogP contribution in [0.2, 0.25) is 0 Å². The number of carbonyl (C=O) groups is 2. The summed E-state index contributed by atoms with van der Waals surface area (Å²) in [6, 6.07) is 16.4. The number of hydrogen-bond donors (Lipinski definition) is 0. The first kappa shape index (κ1) is 23.2. The molecule has 36 heavy (non-hydrogen) atoms. The summed E-state index contributed by atoms with van der Waals surface area (Å²) in [5.41, 5.74) is 5.73. The van der Waals surface area contributed by atoms with Crippen molar-refractivity contribution >= 4 is 28.8 Å². The Bertz CT molecular complexity index is 1580. The lowest BCUT2D eigenvalue weighted by Gasteiger charge is -2.16. The summed E-state index contributed by atoms with van der Waals surface area (Å²) >= 11 is 0. The van der Waals surface area contributed by atoms with Gasteiger partial charge >= 0.3 is 5.91 Å². The minimum atomic E-state index is -0.549. The van der Waals surface area contributed by atoms with Gasteiger partial charge in [0.15, 0.2) is 12.4 Å². The average molecular weight is 479 g/mol. The molecule has 4 aromatic rings. The first-order chi connectivity index (χ1) is 17.2. The summed E-state index contributed by atoms with van der Waals surface area (Å²) in [5, 5.41) is 18.3. The van der Waals surface area contributed by atoms with E-state index in [2.05, 4.69) is 5.10 Å². The Labute approximate surface area is 209 Å². The molecule has 1 aliphatic heterocycles. The van der Waals surface area contributed by atoms with Crippen molar-refractivity contribution in [1.82, 2.24) is 9.78 Å². The summed E-state index contributed by atoms with van der Waals surface area (Å²) in [6.45, 7) is 9.49. The predicted molar refractivity (Wildman–Crippen MR) is 135 cm³/mol. The van der Waals surface area contributed by atoms with Crippen molar-refractivity contribution in [2.45, 2.75) is 34.6 Å². The largest absolute Gasteiger partial charge is 0.858 e. The van der Waals surface area contributed by atoms with Crippen LogP contribution in [-0.2, 0) is 9.59 Å². The van der Waals surface area contributed by atoms with Crippen LogP contribution < -0.4 is 14.6 Å². The van der Waals surface area contributed by atoms with Crippen LogP contribution in [-0.4, -0.2) is 21.6 Å². The molecule has 2 aromatic heterocycles. The zero-order chi connectivity index (χ0) is 25.7. The summed E-state index contributed by atoms with van der Waals surface area (Å²) in [6.07, 6.45) is 3.55. The summed E-state index contributed by atoms with van der Waals surface area (Å²) in [7, 11) is 0. The van der Waals surface area contributed by atoms with Gasteiger partial charge in [-0.1, -0.05) is 35.9 Å². The quantitative estimate of drug-likeness (QED) is 0.331. The first-order valence-electron chi connectivity index (χ1n) is 11.7. The van der Waals surface area contributed by atoms with Crippen LogP contribution in [0.25, 0.3) is 17.0 Å². The van der Waals surface area contributed by atoms with Gasteiger partial charge in [0.2, 0.25) is 0 Å². The van der Waals surface area contributed by atoms with E-state index in [1.807, 2.05) is 58.0 Å². The second-order valence-electron chi connectivity index (χ2n) is 9.19. The monoisotopic (exact) mass is 478 g/mol. The summed E-state index contributed by atoms with van der Waals surface area (Å²) in [4.78, 5) is 28.8. The number of imide groups is 1. The number of aromatic nitrogens is 3. The number of nitrogens with zero attached hydrogens (tertiary/aromatic N) is 4. The van der Waals surface area contributed by atoms with Crippen LogP contribution in [0.4, 0.5) is 5.69 Å². The molecular formula is C29H26N4O3. The van der Waals surface area contributed by atoms with Crippen LogP contribution in [0.3, 0.4) is 0 Å². The number of para-hydroxylation sites is 1. The number of anilines is 1. The van der Waals surface area contributed by atoms with Gasteiger partial charge in [0, 0.05) is 17.2 Å². The highest BCUT2D eigenvalue weighted by Gasteiger charge is 2.47. The van der Waals surface area contributed by atoms with E-state index in [9.17, 15) is 14.7 Å². The molecule has 2 amide bonds. The standard InChI is InChI=1S/C29H26N4O3/c1-17-11-12-23(19(3)15-17)33-28(35)24(21(5)30-33)25-26(31-14-13-18(2)20(4)16-31)29(36)32(27(25)34)22-9-7-6-8-10-22/h6-16H,1-5H3. The first-order valence-corrected chi connectivity index (χ1v) is 11.7. The van der Waals surface area contributed by atoms with Gasteiger partial charge in [-0.05, 0) is 69.8 Å². The number of benzene rings is 2. The fourth-order valence-corrected chi connectivity index (χ4v) is 4.61. The van der Waals surface area contributed by atoms with Gasteiger partial charge in [0.25, 0.3) is 11.6 Å². The molecule has 7 nitrogen and oxygen atoms in total. The van der Waals surface area contributed by atoms with Gasteiger partial charge in [-0.3, -0.25) is 9.59 Å². The van der Waals surface area contributed by atoms with E-state index in [0.717, 1.165) is 27.2 Å². The van der Waals surface area contributed by atoms with Gasteiger partial charge in [0.05, 0.1) is 17.1 Å². The Morgan fingerprint density at radius 1 is 0.833 bits per heavy atom. The normalized spacial score (nSPS) is 13.8. The zero-order valence-corrected chi connectivity index (χ0v) is 20.9. The van der Waals surface area contributed by atoms with Gasteiger partial charge in [-0.2, -0.15) is 9.67 Å². The third kappa shape index (κ3) is 3.60. The Balaban J connectivity index is 1.77. The molecule has 0 N–H and O–H groups in total. The molecule has 0 radical (unpaired) electrons. The maximum Gasteiger partial charge on any atom is 0.331 e. The van der Waals surface area contributed by atoms with Gasteiger partial charge < -0.3 is 5.11 Å². The molecule has 0 fully saturated rings. The van der Waals surface area contributed by atoms with Gasteiger partial charge in [0.1, 0.15) is 5.57 Å². The van der Waals surface area contributed by atoms with E-state index in [-0.39, 0.29) is 16.8 Å². The predicted octanol–water partition coefficient (Wildman–Crippen LogP) is 3.72. The van der Waals surface area contributed by atoms with Crippen molar-refractivity contribution in [3.05, 3.63) is 101 Å². The average Bonchev–Trinajstić information content (AvgIpc) is 3.27. The molecule has 180 valence electrons. The molecule has 0 spiro atoms. The van der Waals surface area contributed by atoms with Crippen molar-refractivity contribution in [2.24, 2.45) is 0 Å². The highest BCUT2D eigenvalue weighted by Crippen LogP contribution is 2.38. The number of hydrogen-bond acceptors (Lipinski definition) is 4. The molecule has 0 saturated carbocycles. The minimum Gasteiger partial charge on any atom is -0.858 e.